The Morgan fingerprint density at radius 3 is 2.33 bits per heavy atom. The van der Waals surface area contributed by atoms with Crippen molar-refractivity contribution in [1.29, 1.82) is 0 Å². The average Bonchev–Trinajstić information content (AvgIpc) is 2.65. The highest BCUT2D eigenvalue weighted by atomic mass is 35.5. The van der Waals surface area contributed by atoms with Crippen molar-refractivity contribution in [2.24, 2.45) is 0 Å². The molecule has 1 aliphatic heterocycles. The molecule has 0 fully saturated rings. The van der Waals surface area contributed by atoms with Gasteiger partial charge in [-0.15, -0.1) is 12.4 Å². The first-order valence-corrected chi connectivity index (χ1v) is 8.02. The van der Waals surface area contributed by atoms with E-state index in [4.69, 9.17) is 11.6 Å². The van der Waals surface area contributed by atoms with Gasteiger partial charge in [0.05, 0.1) is 0 Å². The zero-order chi connectivity index (χ0) is 15.5. The predicted molar refractivity (Wildman–Crippen MR) is 108 cm³/mol. The van der Waals surface area contributed by atoms with Crippen molar-refractivity contribution in [2.45, 2.75) is 6.42 Å². The predicted octanol–water partition coefficient (Wildman–Crippen LogP) is 4.51. The van der Waals surface area contributed by atoms with Crippen LogP contribution in [-0.4, -0.2) is 37.6 Å². The third kappa shape index (κ3) is 4.52. The maximum absolute atomic E-state index is 6.25. The molecule has 0 saturated carbocycles. The van der Waals surface area contributed by atoms with Gasteiger partial charge >= 0.3 is 0 Å². The van der Waals surface area contributed by atoms with Gasteiger partial charge < -0.3 is 15.3 Å². The number of anilines is 2. The molecule has 1 heterocycles. The van der Waals surface area contributed by atoms with E-state index in [2.05, 4.69) is 72.4 Å². The van der Waals surface area contributed by atoms with Crippen LogP contribution in [0.4, 0.5) is 11.4 Å². The topological polar surface area (TPSA) is 38.0 Å². The number of nitrogens with zero attached hydrogens (tertiary/aromatic N) is 2. The van der Waals surface area contributed by atoms with Crippen molar-refractivity contribution in [3.63, 3.8) is 0 Å². The molecule has 2 aromatic rings. The molecule has 3 rings (SSSR count). The summed E-state index contributed by atoms with van der Waals surface area (Å²) in [5.41, 5.74) is 4.90. The van der Waals surface area contributed by atoms with E-state index in [1.807, 2.05) is 6.07 Å². The van der Waals surface area contributed by atoms with Crippen LogP contribution < -0.4 is 4.90 Å². The Morgan fingerprint density at radius 1 is 0.958 bits per heavy atom. The second kappa shape index (κ2) is 9.09. The zero-order valence-electron chi connectivity index (χ0n) is 14.0. The minimum Gasteiger partial charge on any atom is -0.412 e. The summed E-state index contributed by atoms with van der Waals surface area (Å²) >= 11 is 6.25. The molecule has 0 aliphatic carbocycles. The lowest BCUT2D eigenvalue weighted by Gasteiger charge is -2.27. The molecule has 0 atom stereocenters. The number of hydrogen-bond donors (Lipinski definition) is 0. The summed E-state index contributed by atoms with van der Waals surface area (Å²) in [6.45, 7) is 2.05. The Labute approximate surface area is 155 Å². The van der Waals surface area contributed by atoms with Crippen molar-refractivity contribution in [2.75, 3.05) is 32.1 Å². The van der Waals surface area contributed by atoms with Gasteiger partial charge in [0.25, 0.3) is 0 Å². The first-order chi connectivity index (χ1) is 10.6. The van der Waals surface area contributed by atoms with Crippen LogP contribution in [0.3, 0.4) is 0 Å². The van der Waals surface area contributed by atoms with Crippen LogP contribution in [0.5, 0.6) is 0 Å². The number of hydrogen-bond acceptors (Lipinski definition) is 2. The number of benzene rings is 2. The second-order valence-corrected chi connectivity index (χ2v) is 6.34. The first-order valence-electron chi connectivity index (χ1n) is 7.64. The van der Waals surface area contributed by atoms with Crippen molar-refractivity contribution < 1.29 is 5.48 Å². The SMILES string of the molecule is CN(C)CCCN1c2ccccc2C=Cc2ccc(Cl)cc21.Cl.O. The van der Waals surface area contributed by atoms with Gasteiger partial charge in [0, 0.05) is 22.9 Å². The molecule has 0 amide bonds. The Kier molecular flexibility index (Phi) is 7.77. The van der Waals surface area contributed by atoms with E-state index in [-0.39, 0.29) is 17.9 Å². The van der Waals surface area contributed by atoms with E-state index in [0.29, 0.717) is 0 Å². The average molecular weight is 367 g/mol. The van der Waals surface area contributed by atoms with E-state index in [1.165, 1.54) is 22.5 Å². The Hall–Kier alpha value is -1.52. The Balaban J connectivity index is 0.00000144. The van der Waals surface area contributed by atoms with Crippen LogP contribution in [0.1, 0.15) is 17.5 Å². The standard InChI is InChI=1S/C19H21ClN2.ClH.H2O/c1-21(2)12-5-13-22-18-7-4-3-6-15(18)8-9-16-10-11-17(20)14-19(16)22;;/h3-4,6-11,14H,5,12-13H2,1-2H3;1H;1H2. The highest BCUT2D eigenvalue weighted by Gasteiger charge is 2.17. The molecule has 130 valence electrons. The first kappa shape index (κ1) is 20.5. The van der Waals surface area contributed by atoms with Gasteiger partial charge in [-0.05, 0) is 56.4 Å². The van der Waals surface area contributed by atoms with Crippen LogP contribution in [0, 0.1) is 0 Å². The molecule has 0 saturated heterocycles. The molecule has 24 heavy (non-hydrogen) atoms. The molecule has 2 N–H and O–H groups in total. The summed E-state index contributed by atoms with van der Waals surface area (Å²) in [6.07, 6.45) is 5.47. The molecule has 0 radical (unpaired) electrons. The van der Waals surface area contributed by atoms with Gasteiger partial charge in [-0.25, -0.2) is 0 Å². The van der Waals surface area contributed by atoms with E-state index >= 15 is 0 Å². The van der Waals surface area contributed by atoms with Gasteiger partial charge in [-0.1, -0.05) is 48.0 Å². The second-order valence-electron chi connectivity index (χ2n) is 5.90. The fourth-order valence-electron chi connectivity index (χ4n) is 2.86. The summed E-state index contributed by atoms with van der Waals surface area (Å²) in [7, 11) is 4.23. The molecule has 0 unspecified atom stereocenters. The van der Waals surface area contributed by atoms with Gasteiger partial charge in [-0.3, -0.25) is 0 Å². The highest BCUT2D eigenvalue weighted by molar-refractivity contribution is 6.31. The molecular weight excluding hydrogens is 343 g/mol. The number of rotatable bonds is 4. The van der Waals surface area contributed by atoms with Gasteiger partial charge in [0.1, 0.15) is 0 Å². The van der Waals surface area contributed by atoms with Crippen LogP contribution in [0.25, 0.3) is 12.2 Å². The molecule has 1 aliphatic rings. The summed E-state index contributed by atoms with van der Waals surface area (Å²) in [5.74, 6) is 0. The lowest BCUT2D eigenvalue weighted by molar-refractivity contribution is 0.402. The monoisotopic (exact) mass is 366 g/mol. The van der Waals surface area contributed by atoms with Crippen LogP contribution in [-0.2, 0) is 0 Å². The van der Waals surface area contributed by atoms with E-state index in [1.54, 1.807) is 0 Å². The quantitative estimate of drug-likeness (QED) is 0.797. The minimum absolute atomic E-state index is 0. The van der Waals surface area contributed by atoms with Crippen LogP contribution >= 0.6 is 24.0 Å². The summed E-state index contributed by atoms with van der Waals surface area (Å²) in [4.78, 5) is 4.61. The summed E-state index contributed by atoms with van der Waals surface area (Å²) < 4.78 is 0. The molecule has 0 aromatic heterocycles. The molecule has 5 heteroatoms. The van der Waals surface area contributed by atoms with E-state index < -0.39 is 0 Å². The molecule has 0 spiro atoms. The fourth-order valence-corrected chi connectivity index (χ4v) is 3.03. The smallest absolute Gasteiger partial charge is 0.0499 e. The van der Waals surface area contributed by atoms with Gasteiger partial charge in [0.2, 0.25) is 0 Å². The number of halogens is 2. The molecule has 2 aromatic carbocycles. The van der Waals surface area contributed by atoms with Gasteiger partial charge in [0.15, 0.2) is 0 Å². The normalized spacial score (nSPS) is 11.9. The Bertz CT molecular complexity index is 702. The van der Waals surface area contributed by atoms with E-state index in [0.717, 1.165) is 24.5 Å². The van der Waals surface area contributed by atoms with Crippen molar-refractivity contribution in [3.05, 3.63) is 58.6 Å². The van der Waals surface area contributed by atoms with Crippen molar-refractivity contribution in [3.8, 4) is 0 Å². The van der Waals surface area contributed by atoms with Crippen molar-refractivity contribution in [1.82, 2.24) is 4.90 Å². The van der Waals surface area contributed by atoms with Crippen LogP contribution in [0.2, 0.25) is 5.02 Å². The van der Waals surface area contributed by atoms with Crippen LogP contribution in [0.15, 0.2) is 42.5 Å². The maximum atomic E-state index is 6.25. The van der Waals surface area contributed by atoms with E-state index in [9.17, 15) is 0 Å². The highest BCUT2D eigenvalue weighted by Crippen LogP contribution is 2.37. The van der Waals surface area contributed by atoms with Gasteiger partial charge in [-0.2, -0.15) is 0 Å². The minimum atomic E-state index is 0. The lowest BCUT2D eigenvalue weighted by atomic mass is 10.1. The fraction of sp³-hybridized carbons (Fsp3) is 0.263. The molecular formula is C19H24Cl2N2O. The Morgan fingerprint density at radius 2 is 1.62 bits per heavy atom. The number of fused-ring (bicyclic) bond motifs is 2. The third-order valence-electron chi connectivity index (χ3n) is 3.94. The third-order valence-corrected chi connectivity index (χ3v) is 4.18. The van der Waals surface area contributed by atoms with Crippen molar-refractivity contribution >= 4 is 47.5 Å². The molecule has 0 bridgehead atoms. The summed E-state index contributed by atoms with van der Waals surface area (Å²) in [6, 6.07) is 14.7. The number of para-hydroxylation sites is 1. The largest absolute Gasteiger partial charge is 0.412 e. The molecule has 3 nitrogen and oxygen atoms in total. The zero-order valence-corrected chi connectivity index (χ0v) is 15.6. The lowest BCUT2D eigenvalue weighted by Crippen LogP contribution is -2.24. The maximum Gasteiger partial charge on any atom is 0.0499 e. The summed E-state index contributed by atoms with van der Waals surface area (Å²) in [5, 5.41) is 0.782.